The van der Waals surface area contributed by atoms with E-state index in [1.165, 1.54) is 11.8 Å². The summed E-state index contributed by atoms with van der Waals surface area (Å²) in [5.74, 6) is 1.07. The van der Waals surface area contributed by atoms with E-state index in [1.54, 1.807) is 13.8 Å². The molecule has 218 valence electrons. The molecule has 0 aromatic rings. The molecule has 9 atom stereocenters. The van der Waals surface area contributed by atoms with Gasteiger partial charge in [0.2, 0.25) is 5.91 Å². The molecule has 3 heterocycles. The molecule has 3 aliphatic heterocycles. The Bertz CT molecular complexity index is 649. The first-order valence-electron chi connectivity index (χ1n) is 13.8. The minimum atomic E-state index is -0.824. The summed E-state index contributed by atoms with van der Waals surface area (Å²) in [7, 11) is 1.00. The van der Waals surface area contributed by atoms with Crippen LogP contribution < -0.4 is 16.4 Å². The third-order valence-corrected chi connectivity index (χ3v) is 7.93. The number of carbonyl (C=O) groups is 1. The maximum absolute atomic E-state index is 13.2. The maximum Gasteiger partial charge on any atom is 0.240 e. The van der Waals surface area contributed by atoms with Gasteiger partial charge in [0, 0.05) is 32.1 Å². The van der Waals surface area contributed by atoms with E-state index in [4.69, 9.17) is 20.3 Å². The molecule has 10 heteroatoms. The number of thioether (sulfide) groups is 1. The van der Waals surface area contributed by atoms with E-state index in [0.717, 1.165) is 45.3 Å². The van der Waals surface area contributed by atoms with Gasteiger partial charge in [0.25, 0.3) is 0 Å². The van der Waals surface area contributed by atoms with Crippen molar-refractivity contribution in [2.45, 2.75) is 114 Å². The summed E-state index contributed by atoms with van der Waals surface area (Å²) >= 11 is 1.48. The number of hydrogen-bond donors (Lipinski definition) is 6. The van der Waals surface area contributed by atoms with Gasteiger partial charge in [0.05, 0.1) is 24.4 Å². The van der Waals surface area contributed by atoms with Crippen molar-refractivity contribution in [1.29, 1.82) is 0 Å². The average Bonchev–Trinajstić information content (AvgIpc) is 3.11. The lowest BCUT2D eigenvalue weighted by atomic mass is 9.96. The highest BCUT2D eigenvalue weighted by atomic mass is 32.2. The summed E-state index contributed by atoms with van der Waals surface area (Å²) in [6.45, 7) is 11.8. The third-order valence-electron chi connectivity index (χ3n) is 6.39. The molecule has 0 bridgehead atoms. The topological polar surface area (TPSA) is 146 Å². The van der Waals surface area contributed by atoms with E-state index in [-0.39, 0.29) is 17.3 Å². The van der Waals surface area contributed by atoms with E-state index in [0.29, 0.717) is 25.5 Å². The summed E-state index contributed by atoms with van der Waals surface area (Å²) in [5.41, 5.74) is 5.34. The van der Waals surface area contributed by atoms with Gasteiger partial charge in [0.1, 0.15) is 17.6 Å². The number of aliphatic hydroxyl groups excluding tert-OH is 3. The van der Waals surface area contributed by atoms with Crippen molar-refractivity contribution in [2.24, 2.45) is 17.6 Å². The largest absolute Gasteiger partial charge is 0.400 e. The van der Waals surface area contributed by atoms with Gasteiger partial charge >= 0.3 is 0 Å². The van der Waals surface area contributed by atoms with Crippen LogP contribution in [0.3, 0.4) is 0 Å². The van der Waals surface area contributed by atoms with Crippen molar-refractivity contribution in [2.75, 3.05) is 26.8 Å². The predicted octanol–water partition coefficient (Wildman–Crippen LogP) is 1.78. The molecule has 7 N–H and O–H groups in total. The van der Waals surface area contributed by atoms with Gasteiger partial charge in [0.15, 0.2) is 0 Å². The number of rotatable bonds is 5. The quantitative estimate of drug-likeness (QED) is 0.284. The van der Waals surface area contributed by atoms with E-state index in [2.05, 4.69) is 37.5 Å². The molecule has 0 aliphatic carbocycles. The number of allylic oxidation sites excluding steroid dienone is 1. The van der Waals surface area contributed by atoms with Crippen LogP contribution in [0.1, 0.15) is 66.7 Å². The Morgan fingerprint density at radius 3 is 2.35 bits per heavy atom. The molecule has 0 aromatic heterocycles. The predicted molar refractivity (Wildman–Crippen MR) is 150 cm³/mol. The minimum absolute atomic E-state index is 0.114. The molecule has 0 aromatic carbocycles. The fourth-order valence-electron chi connectivity index (χ4n) is 4.65. The van der Waals surface area contributed by atoms with Crippen molar-refractivity contribution >= 4 is 17.7 Å². The average molecular weight is 548 g/mol. The normalized spacial score (nSPS) is 34.8. The SMILES string of the molecule is CC(C)C.CC(O)C1OC([C@H](C)O)C(NC(=O)C2NCC3CCCCOC32)C/C=C\CC(CN)S1.CO. The number of ether oxygens (including phenoxy) is 2. The van der Waals surface area contributed by atoms with Crippen LogP contribution in [0.2, 0.25) is 0 Å². The Labute approximate surface area is 228 Å². The number of aliphatic hydroxyl groups is 3. The maximum atomic E-state index is 13.2. The van der Waals surface area contributed by atoms with Gasteiger partial charge in [-0.15, -0.1) is 11.8 Å². The molecule has 2 saturated heterocycles. The fourth-order valence-corrected chi connectivity index (χ4v) is 5.78. The van der Waals surface area contributed by atoms with Crippen LogP contribution >= 0.6 is 11.8 Å². The van der Waals surface area contributed by atoms with Crippen molar-refractivity contribution in [3.05, 3.63) is 12.2 Å². The summed E-state index contributed by atoms with van der Waals surface area (Å²) in [5, 5.41) is 34.3. The standard InChI is InChI=1S/C22H39N3O5S.C4H10.CH4O/c1-13(26)19-17(9-4-3-8-16(11-23)31-22(30-19)14(2)27)25-21(28)18-20-15(12-24-18)7-5-6-10-29-20;1-4(2)3;1-2/h3-4,13-20,22,24,26-27H,5-12,23H2,1-2H3,(H,25,28);4H,1-3H3;2H,1H3/b4-3-;;/t13-,14?,15?,16?,17?,18?,19?,20?,22?;;/m0../s1. The first kappa shape index (κ1) is 34.3. The molecule has 37 heavy (non-hydrogen) atoms. The first-order valence-corrected chi connectivity index (χ1v) is 14.7. The van der Waals surface area contributed by atoms with Crippen molar-refractivity contribution < 1.29 is 29.6 Å². The number of carbonyl (C=O) groups excluding carboxylic acids is 1. The van der Waals surface area contributed by atoms with Crippen LogP contribution in [0.25, 0.3) is 0 Å². The zero-order chi connectivity index (χ0) is 28.0. The molecule has 0 saturated carbocycles. The molecule has 3 aliphatic rings. The highest BCUT2D eigenvalue weighted by Crippen LogP contribution is 2.30. The van der Waals surface area contributed by atoms with Crippen LogP contribution in [-0.2, 0) is 14.3 Å². The monoisotopic (exact) mass is 547 g/mol. The number of nitrogens with one attached hydrogen (secondary N) is 2. The first-order chi connectivity index (χ1) is 17.6. The van der Waals surface area contributed by atoms with Crippen molar-refractivity contribution in [3.8, 4) is 0 Å². The highest BCUT2D eigenvalue weighted by molar-refractivity contribution is 8.00. The van der Waals surface area contributed by atoms with E-state index in [9.17, 15) is 15.0 Å². The highest BCUT2D eigenvalue weighted by Gasteiger charge is 2.43. The second kappa shape index (κ2) is 18.5. The Kier molecular flexibility index (Phi) is 17.2. The van der Waals surface area contributed by atoms with Crippen LogP contribution in [0.5, 0.6) is 0 Å². The third kappa shape index (κ3) is 11.9. The van der Waals surface area contributed by atoms with Gasteiger partial charge < -0.3 is 41.2 Å². The molecular weight excluding hydrogens is 494 g/mol. The molecule has 0 radical (unpaired) electrons. The molecule has 0 spiro atoms. The Morgan fingerprint density at radius 1 is 1.11 bits per heavy atom. The van der Waals surface area contributed by atoms with E-state index in [1.807, 2.05) is 6.08 Å². The lowest BCUT2D eigenvalue weighted by Gasteiger charge is -2.36. The van der Waals surface area contributed by atoms with Gasteiger partial charge in [-0.2, -0.15) is 0 Å². The summed E-state index contributed by atoms with van der Waals surface area (Å²) in [6.07, 6.45) is 6.26. The molecule has 8 unspecified atom stereocenters. The molecule has 2 fully saturated rings. The van der Waals surface area contributed by atoms with Crippen LogP contribution in [0, 0.1) is 11.8 Å². The zero-order valence-electron chi connectivity index (χ0n) is 23.6. The van der Waals surface area contributed by atoms with Crippen LogP contribution in [0.4, 0.5) is 0 Å². The molecular formula is C27H53N3O6S. The van der Waals surface area contributed by atoms with Gasteiger partial charge in [-0.05, 0) is 51.4 Å². The van der Waals surface area contributed by atoms with Gasteiger partial charge in [-0.3, -0.25) is 4.79 Å². The Morgan fingerprint density at radius 2 is 1.76 bits per heavy atom. The number of amides is 1. The minimum Gasteiger partial charge on any atom is -0.400 e. The van der Waals surface area contributed by atoms with Gasteiger partial charge in [-0.1, -0.05) is 39.3 Å². The molecule has 9 nitrogen and oxygen atoms in total. The molecule has 1 amide bonds. The zero-order valence-corrected chi connectivity index (χ0v) is 24.5. The van der Waals surface area contributed by atoms with Crippen molar-refractivity contribution in [1.82, 2.24) is 10.6 Å². The summed E-state index contributed by atoms with van der Waals surface area (Å²) < 4.78 is 12.2. The summed E-state index contributed by atoms with van der Waals surface area (Å²) in [6, 6.07) is -0.827. The Balaban J connectivity index is 0.00000104. The number of nitrogens with two attached hydrogens (primary N) is 1. The Hall–Kier alpha value is -0.720. The van der Waals surface area contributed by atoms with Crippen molar-refractivity contribution in [3.63, 3.8) is 0 Å². The van der Waals surface area contributed by atoms with Gasteiger partial charge in [-0.25, -0.2) is 0 Å². The van der Waals surface area contributed by atoms with E-state index < -0.39 is 35.8 Å². The molecule has 3 rings (SSSR count). The lowest BCUT2D eigenvalue weighted by molar-refractivity contribution is -0.131. The fraction of sp³-hybridized carbons (Fsp3) is 0.889. The second-order valence-electron chi connectivity index (χ2n) is 10.7. The number of hydrogen-bond acceptors (Lipinski definition) is 9. The lowest BCUT2D eigenvalue weighted by Crippen LogP contribution is -2.56. The summed E-state index contributed by atoms with van der Waals surface area (Å²) in [4.78, 5) is 13.2. The second-order valence-corrected chi connectivity index (χ2v) is 12.1. The smallest absolute Gasteiger partial charge is 0.240 e. The van der Waals surface area contributed by atoms with Crippen LogP contribution in [0.15, 0.2) is 12.2 Å². The number of fused-ring (bicyclic) bond motifs is 1. The van der Waals surface area contributed by atoms with Crippen LogP contribution in [-0.4, -0.2) is 95.2 Å². The van der Waals surface area contributed by atoms with E-state index >= 15 is 0 Å².